The molecule has 3 N–H and O–H groups in total. The first kappa shape index (κ1) is 9.88. The molecule has 0 fully saturated rings. The molecule has 0 saturated heterocycles. The van der Waals surface area contributed by atoms with Crippen molar-refractivity contribution >= 4 is 0 Å². The molecule has 0 heterocycles. The molecule has 0 amide bonds. The van der Waals surface area contributed by atoms with E-state index in [1.807, 2.05) is 7.05 Å². The maximum atomic E-state index is 8.82. The highest BCUT2D eigenvalue weighted by Gasteiger charge is 2.13. The molecule has 3 heteroatoms. The molecule has 0 aliphatic rings. The fraction of sp³-hybridized carbons (Fsp3) is 1.00. The van der Waals surface area contributed by atoms with E-state index in [4.69, 9.17) is 10.8 Å². The first-order valence-corrected chi connectivity index (χ1v) is 3.66. The van der Waals surface area contributed by atoms with Crippen molar-refractivity contribution in [3.63, 3.8) is 0 Å². The van der Waals surface area contributed by atoms with Crippen LogP contribution in [0.1, 0.15) is 13.8 Å². The summed E-state index contributed by atoms with van der Waals surface area (Å²) in [4.78, 5) is 2.07. The summed E-state index contributed by atoms with van der Waals surface area (Å²) in [7, 11) is 1.97. The van der Waals surface area contributed by atoms with Crippen molar-refractivity contribution in [1.29, 1.82) is 0 Å². The summed E-state index contributed by atoms with van der Waals surface area (Å²) in [6.07, 6.45) is 0. The van der Waals surface area contributed by atoms with Gasteiger partial charge in [-0.15, -0.1) is 0 Å². The Hall–Kier alpha value is -0.120. The molecule has 0 aliphatic carbocycles. The van der Waals surface area contributed by atoms with E-state index in [-0.39, 0.29) is 12.6 Å². The third-order valence-electron chi connectivity index (χ3n) is 1.87. The zero-order valence-electron chi connectivity index (χ0n) is 7.04. The van der Waals surface area contributed by atoms with Gasteiger partial charge in [0.2, 0.25) is 0 Å². The summed E-state index contributed by atoms with van der Waals surface area (Å²) in [6, 6.07) is 0.556. The highest BCUT2D eigenvalue weighted by Crippen LogP contribution is 1.99. The predicted molar refractivity (Wildman–Crippen MR) is 42.8 cm³/mol. The second kappa shape index (κ2) is 4.66. The molecule has 10 heavy (non-hydrogen) atoms. The Labute approximate surface area is 62.8 Å². The van der Waals surface area contributed by atoms with Gasteiger partial charge in [0.25, 0.3) is 0 Å². The van der Waals surface area contributed by atoms with Crippen molar-refractivity contribution in [3.8, 4) is 0 Å². The Morgan fingerprint density at radius 2 is 2.00 bits per heavy atom. The van der Waals surface area contributed by atoms with E-state index in [9.17, 15) is 0 Å². The minimum atomic E-state index is 0.111. The van der Waals surface area contributed by atoms with Gasteiger partial charge in [0.05, 0.1) is 6.61 Å². The number of nitrogens with two attached hydrogens (primary N) is 1. The summed E-state index contributed by atoms with van der Waals surface area (Å²) in [5.41, 5.74) is 5.42. The van der Waals surface area contributed by atoms with Gasteiger partial charge < -0.3 is 10.8 Å². The van der Waals surface area contributed by atoms with E-state index < -0.39 is 0 Å². The van der Waals surface area contributed by atoms with Crippen molar-refractivity contribution < 1.29 is 5.11 Å². The minimum absolute atomic E-state index is 0.111. The quantitative estimate of drug-likeness (QED) is 0.570. The van der Waals surface area contributed by atoms with Gasteiger partial charge in [-0.05, 0) is 20.9 Å². The number of hydrogen-bond acceptors (Lipinski definition) is 3. The first-order valence-electron chi connectivity index (χ1n) is 3.66. The minimum Gasteiger partial charge on any atom is -0.395 e. The number of rotatable bonds is 4. The van der Waals surface area contributed by atoms with Crippen LogP contribution in [0.5, 0.6) is 0 Å². The molecule has 0 radical (unpaired) electrons. The zero-order valence-corrected chi connectivity index (χ0v) is 7.04. The van der Waals surface area contributed by atoms with Gasteiger partial charge in [-0.25, -0.2) is 0 Å². The third-order valence-corrected chi connectivity index (χ3v) is 1.87. The number of nitrogens with zero attached hydrogens (tertiary/aromatic N) is 1. The molecular weight excluding hydrogens is 128 g/mol. The monoisotopic (exact) mass is 146 g/mol. The average molecular weight is 146 g/mol. The van der Waals surface area contributed by atoms with E-state index in [0.717, 1.165) is 0 Å². The summed E-state index contributed by atoms with van der Waals surface area (Å²) in [5.74, 6) is 0. The van der Waals surface area contributed by atoms with Crippen LogP contribution in [-0.4, -0.2) is 42.3 Å². The Morgan fingerprint density at radius 3 is 2.10 bits per heavy atom. The number of aliphatic hydroxyl groups is 1. The van der Waals surface area contributed by atoms with Crippen LogP contribution in [0.2, 0.25) is 0 Å². The van der Waals surface area contributed by atoms with Gasteiger partial charge in [-0.3, -0.25) is 4.90 Å². The second-order valence-electron chi connectivity index (χ2n) is 2.83. The summed E-state index contributed by atoms with van der Waals surface area (Å²) < 4.78 is 0. The van der Waals surface area contributed by atoms with Crippen molar-refractivity contribution in [1.82, 2.24) is 4.90 Å². The van der Waals surface area contributed by atoms with Gasteiger partial charge in [0, 0.05) is 18.6 Å². The van der Waals surface area contributed by atoms with E-state index in [2.05, 4.69) is 18.7 Å². The highest BCUT2D eigenvalue weighted by atomic mass is 16.3. The Kier molecular flexibility index (Phi) is 4.60. The molecule has 0 aromatic rings. The highest BCUT2D eigenvalue weighted by molar-refractivity contribution is 4.70. The van der Waals surface area contributed by atoms with Gasteiger partial charge in [-0.1, -0.05) is 0 Å². The maximum absolute atomic E-state index is 8.82. The molecule has 0 bridgehead atoms. The fourth-order valence-electron chi connectivity index (χ4n) is 0.791. The van der Waals surface area contributed by atoms with Gasteiger partial charge in [-0.2, -0.15) is 0 Å². The van der Waals surface area contributed by atoms with Crippen LogP contribution in [0.3, 0.4) is 0 Å². The topological polar surface area (TPSA) is 49.5 Å². The summed E-state index contributed by atoms with van der Waals surface area (Å²) in [5, 5.41) is 8.82. The molecule has 62 valence electrons. The molecule has 1 atom stereocenters. The Bertz CT molecular complexity index is 81.7. The molecule has 0 saturated carbocycles. The van der Waals surface area contributed by atoms with Crippen LogP contribution in [-0.2, 0) is 0 Å². The molecule has 0 aliphatic heterocycles. The third kappa shape index (κ3) is 2.64. The van der Waals surface area contributed by atoms with Gasteiger partial charge in [0.1, 0.15) is 0 Å². The Morgan fingerprint density at radius 1 is 1.50 bits per heavy atom. The number of likely N-dealkylation sites (N-methyl/N-ethyl adjacent to an activating group) is 1. The normalized spacial score (nSPS) is 14.7. The van der Waals surface area contributed by atoms with E-state index in [1.54, 1.807) is 0 Å². The smallest absolute Gasteiger partial charge is 0.0599 e. The lowest BCUT2D eigenvalue weighted by Gasteiger charge is -2.28. The van der Waals surface area contributed by atoms with E-state index in [1.165, 1.54) is 0 Å². The molecule has 1 unspecified atom stereocenters. The average Bonchev–Trinajstić information content (AvgIpc) is 1.90. The fourth-order valence-corrected chi connectivity index (χ4v) is 0.791. The largest absolute Gasteiger partial charge is 0.395 e. The van der Waals surface area contributed by atoms with Gasteiger partial charge >= 0.3 is 0 Å². The zero-order chi connectivity index (χ0) is 8.15. The molecule has 0 rings (SSSR count). The van der Waals surface area contributed by atoms with Crippen molar-refractivity contribution in [3.05, 3.63) is 0 Å². The van der Waals surface area contributed by atoms with E-state index >= 15 is 0 Å². The molecule has 0 aromatic heterocycles. The van der Waals surface area contributed by atoms with Crippen LogP contribution < -0.4 is 5.73 Å². The van der Waals surface area contributed by atoms with E-state index in [0.29, 0.717) is 12.6 Å². The first-order chi connectivity index (χ1) is 4.63. The Balaban J connectivity index is 3.76. The number of hydrogen-bond donors (Lipinski definition) is 2. The number of aliphatic hydroxyl groups excluding tert-OH is 1. The maximum Gasteiger partial charge on any atom is 0.0599 e. The molecule has 0 spiro atoms. The molecular formula is C7H18N2O. The van der Waals surface area contributed by atoms with Crippen molar-refractivity contribution in [2.24, 2.45) is 5.73 Å². The van der Waals surface area contributed by atoms with Crippen molar-refractivity contribution in [2.45, 2.75) is 25.9 Å². The summed E-state index contributed by atoms with van der Waals surface area (Å²) in [6.45, 7) is 4.83. The molecule has 0 aromatic carbocycles. The predicted octanol–water partition coefficient (Wildman–Crippen LogP) is -0.354. The lowest BCUT2D eigenvalue weighted by molar-refractivity contribution is 0.127. The summed E-state index contributed by atoms with van der Waals surface area (Å²) >= 11 is 0. The SMILES string of the molecule is CC(C)N(C)C(CN)CO. The lowest BCUT2D eigenvalue weighted by atomic mass is 10.2. The molecule has 3 nitrogen and oxygen atoms in total. The second-order valence-corrected chi connectivity index (χ2v) is 2.83. The standard InChI is InChI=1S/C7H18N2O/c1-6(2)9(3)7(4-8)5-10/h6-7,10H,4-5,8H2,1-3H3. The van der Waals surface area contributed by atoms with Gasteiger partial charge in [0.15, 0.2) is 0 Å². The van der Waals surface area contributed by atoms with Crippen LogP contribution in [0.25, 0.3) is 0 Å². The van der Waals surface area contributed by atoms with Crippen molar-refractivity contribution in [2.75, 3.05) is 20.2 Å². The van der Waals surface area contributed by atoms with Crippen LogP contribution in [0, 0.1) is 0 Å². The van der Waals surface area contributed by atoms with Crippen LogP contribution >= 0.6 is 0 Å². The van der Waals surface area contributed by atoms with Crippen LogP contribution in [0.4, 0.5) is 0 Å². The van der Waals surface area contributed by atoms with Crippen LogP contribution in [0.15, 0.2) is 0 Å². The lowest BCUT2D eigenvalue weighted by Crippen LogP contribution is -2.44.